The van der Waals surface area contributed by atoms with Crippen LogP contribution in [0.15, 0.2) is 24.3 Å². The molecule has 114 valence electrons. The van der Waals surface area contributed by atoms with Gasteiger partial charge in [0.1, 0.15) is 5.82 Å². The Kier molecular flexibility index (Phi) is 5.27. The molecule has 21 heavy (non-hydrogen) atoms. The number of carboxylic acid groups (broad SMARTS) is 1. The standard InChI is InChI=1S/C15H18FNO4/c16-13-3-1-11(2-4-13)12(10-15(19)20)9-14(18)17-5-7-21-8-6-17/h1-4,12H,5-10H2,(H,19,20)/t12-/m1/s1. The average Bonchev–Trinajstić information content (AvgIpc) is 2.48. The first-order chi connectivity index (χ1) is 10.1. The van der Waals surface area contributed by atoms with Gasteiger partial charge in [0.2, 0.25) is 5.91 Å². The highest BCUT2D eigenvalue weighted by molar-refractivity contribution is 5.78. The van der Waals surface area contributed by atoms with Crippen LogP contribution in [0.25, 0.3) is 0 Å². The summed E-state index contributed by atoms with van der Waals surface area (Å²) in [6.45, 7) is 2.07. The van der Waals surface area contributed by atoms with Crippen LogP contribution in [0.1, 0.15) is 24.3 Å². The summed E-state index contributed by atoms with van der Waals surface area (Å²) in [4.78, 5) is 24.9. The quantitative estimate of drug-likeness (QED) is 0.896. The predicted octanol–water partition coefficient (Wildman–Crippen LogP) is 1.63. The molecule has 0 aromatic heterocycles. The molecule has 0 spiro atoms. The van der Waals surface area contributed by atoms with Crippen molar-refractivity contribution in [1.29, 1.82) is 0 Å². The van der Waals surface area contributed by atoms with Gasteiger partial charge in [-0.1, -0.05) is 12.1 Å². The van der Waals surface area contributed by atoms with Crippen LogP contribution in [0, 0.1) is 5.82 Å². The molecule has 0 radical (unpaired) electrons. The number of ether oxygens (including phenoxy) is 1. The third-order valence-electron chi connectivity index (χ3n) is 3.55. The van der Waals surface area contributed by atoms with Gasteiger partial charge in [-0.2, -0.15) is 0 Å². The van der Waals surface area contributed by atoms with Crippen molar-refractivity contribution in [2.45, 2.75) is 18.8 Å². The number of halogens is 1. The number of hydrogen-bond donors (Lipinski definition) is 1. The number of benzene rings is 1. The molecule has 6 heteroatoms. The normalized spacial score (nSPS) is 16.5. The second-order valence-electron chi connectivity index (χ2n) is 5.04. The molecule has 1 atom stereocenters. The van der Waals surface area contributed by atoms with Gasteiger partial charge in [-0.05, 0) is 17.7 Å². The van der Waals surface area contributed by atoms with E-state index in [4.69, 9.17) is 9.84 Å². The van der Waals surface area contributed by atoms with E-state index >= 15 is 0 Å². The molecule has 0 unspecified atom stereocenters. The topological polar surface area (TPSA) is 66.8 Å². The number of morpholine rings is 1. The van der Waals surface area contributed by atoms with E-state index in [0.717, 1.165) is 0 Å². The van der Waals surface area contributed by atoms with Crippen molar-refractivity contribution in [3.05, 3.63) is 35.6 Å². The Morgan fingerprint density at radius 2 is 1.81 bits per heavy atom. The van der Waals surface area contributed by atoms with E-state index in [-0.39, 0.29) is 24.6 Å². The van der Waals surface area contributed by atoms with E-state index < -0.39 is 11.9 Å². The van der Waals surface area contributed by atoms with Crippen molar-refractivity contribution in [2.75, 3.05) is 26.3 Å². The first kappa shape index (κ1) is 15.4. The highest BCUT2D eigenvalue weighted by Gasteiger charge is 2.24. The molecule has 0 saturated carbocycles. The largest absolute Gasteiger partial charge is 0.481 e. The van der Waals surface area contributed by atoms with Gasteiger partial charge in [0.25, 0.3) is 0 Å². The van der Waals surface area contributed by atoms with Crippen LogP contribution >= 0.6 is 0 Å². The summed E-state index contributed by atoms with van der Waals surface area (Å²) < 4.78 is 18.1. The van der Waals surface area contributed by atoms with E-state index in [9.17, 15) is 14.0 Å². The maximum Gasteiger partial charge on any atom is 0.303 e. The maximum absolute atomic E-state index is 13.0. The minimum absolute atomic E-state index is 0.0890. The molecule has 1 aliphatic rings. The van der Waals surface area contributed by atoms with Crippen LogP contribution in [-0.2, 0) is 14.3 Å². The number of carboxylic acids is 1. The van der Waals surface area contributed by atoms with Gasteiger partial charge < -0.3 is 14.7 Å². The molecule has 1 aliphatic heterocycles. The molecule has 1 fully saturated rings. The molecule has 1 aromatic rings. The Bertz CT molecular complexity index is 497. The van der Waals surface area contributed by atoms with Gasteiger partial charge in [0, 0.05) is 25.4 Å². The lowest BCUT2D eigenvalue weighted by Crippen LogP contribution is -2.41. The minimum atomic E-state index is -0.973. The summed E-state index contributed by atoms with van der Waals surface area (Å²) in [6.07, 6.45) is -0.0420. The van der Waals surface area contributed by atoms with Crippen molar-refractivity contribution in [2.24, 2.45) is 0 Å². The summed E-state index contributed by atoms with van der Waals surface area (Å²) in [5, 5.41) is 9.00. The molecule has 1 N–H and O–H groups in total. The summed E-state index contributed by atoms with van der Waals surface area (Å²) >= 11 is 0. The molecule has 2 rings (SSSR count). The van der Waals surface area contributed by atoms with Crippen LogP contribution in [0.5, 0.6) is 0 Å². The molecular formula is C15H18FNO4. The lowest BCUT2D eigenvalue weighted by atomic mass is 9.92. The Labute approximate surface area is 122 Å². The smallest absolute Gasteiger partial charge is 0.303 e. The van der Waals surface area contributed by atoms with E-state index in [0.29, 0.717) is 31.9 Å². The molecular weight excluding hydrogens is 277 g/mol. The minimum Gasteiger partial charge on any atom is -0.481 e. The summed E-state index contributed by atoms with van der Waals surface area (Å²) in [5.41, 5.74) is 0.667. The number of amides is 1. The maximum atomic E-state index is 13.0. The Hall–Kier alpha value is -1.95. The fraction of sp³-hybridized carbons (Fsp3) is 0.467. The van der Waals surface area contributed by atoms with Gasteiger partial charge in [0.15, 0.2) is 0 Å². The average molecular weight is 295 g/mol. The van der Waals surface area contributed by atoms with Gasteiger partial charge in [-0.3, -0.25) is 9.59 Å². The third kappa shape index (κ3) is 4.53. The summed E-state index contributed by atoms with van der Waals surface area (Å²) in [5.74, 6) is -1.89. The third-order valence-corrected chi connectivity index (χ3v) is 3.55. The van der Waals surface area contributed by atoms with Crippen LogP contribution in [0.3, 0.4) is 0 Å². The van der Waals surface area contributed by atoms with Gasteiger partial charge in [-0.25, -0.2) is 4.39 Å². The molecule has 0 bridgehead atoms. The van der Waals surface area contributed by atoms with E-state index in [1.54, 1.807) is 4.90 Å². The number of carbonyl (C=O) groups excluding carboxylic acids is 1. The summed E-state index contributed by atoms with van der Waals surface area (Å²) in [6, 6.07) is 5.64. The van der Waals surface area contributed by atoms with Gasteiger partial charge in [0.05, 0.1) is 19.6 Å². The van der Waals surface area contributed by atoms with Crippen LogP contribution in [-0.4, -0.2) is 48.2 Å². The number of aliphatic carboxylic acids is 1. The van der Waals surface area contributed by atoms with E-state index in [2.05, 4.69) is 0 Å². The number of hydrogen-bond acceptors (Lipinski definition) is 3. The monoisotopic (exact) mass is 295 g/mol. The molecule has 1 saturated heterocycles. The lowest BCUT2D eigenvalue weighted by Gasteiger charge is -2.28. The zero-order valence-electron chi connectivity index (χ0n) is 11.6. The zero-order valence-corrected chi connectivity index (χ0v) is 11.6. The van der Waals surface area contributed by atoms with Crippen LogP contribution in [0.2, 0.25) is 0 Å². The first-order valence-corrected chi connectivity index (χ1v) is 6.89. The highest BCUT2D eigenvalue weighted by atomic mass is 19.1. The Morgan fingerprint density at radius 1 is 1.19 bits per heavy atom. The Morgan fingerprint density at radius 3 is 2.38 bits per heavy atom. The predicted molar refractivity (Wildman–Crippen MR) is 73.4 cm³/mol. The molecule has 1 amide bonds. The molecule has 1 aromatic carbocycles. The van der Waals surface area contributed by atoms with Gasteiger partial charge in [-0.15, -0.1) is 0 Å². The van der Waals surface area contributed by atoms with Crippen molar-refractivity contribution in [1.82, 2.24) is 4.90 Å². The fourth-order valence-corrected chi connectivity index (χ4v) is 2.41. The van der Waals surface area contributed by atoms with Crippen molar-refractivity contribution in [3.8, 4) is 0 Å². The highest BCUT2D eigenvalue weighted by Crippen LogP contribution is 2.25. The van der Waals surface area contributed by atoms with Crippen LogP contribution in [0.4, 0.5) is 4.39 Å². The molecule has 0 aliphatic carbocycles. The second kappa shape index (κ2) is 7.17. The van der Waals surface area contributed by atoms with E-state index in [1.165, 1.54) is 24.3 Å². The second-order valence-corrected chi connectivity index (χ2v) is 5.04. The van der Waals surface area contributed by atoms with Crippen LogP contribution < -0.4 is 0 Å². The molecule has 5 nitrogen and oxygen atoms in total. The van der Waals surface area contributed by atoms with Crippen molar-refractivity contribution in [3.63, 3.8) is 0 Å². The Balaban J connectivity index is 2.06. The molecule has 1 heterocycles. The SMILES string of the molecule is O=C(O)C[C@@H](CC(=O)N1CCOCC1)c1ccc(F)cc1. The van der Waals surface area contributed by atoms with E-state index in [1.807, 2.05) is 0 Å². The fourth-order valence-electron chi connectivity index (χ4n) is 2.41. The number of rotatable bonds is 5. The summed E-state index contributed by atoms with van der Waals surface area (Å²) in [7, 11) is 0. The number of nitrogens with zero attached hydrogens (tertiary/aromatic N) is 1. The lowest BCUT2D eigenvalue weighted by molar-refractivity contribution is -0.138. The first-order valence-electron chi connectivity index (χ1n) is 6.89. The van der Waals surface area contributed by atoms with Gasteiger partial charge >= 0.3 is 5.97 Å². The van der Waals surface area contributed by atoms with Crippen molar-refractivity contribution >= 4 is 11.9 Å². The van der Waals surface area contributed by atoms with Crippen molar-refractivity contribution < 1.29 is 23.8 Å². The number of carbonyl (C=O) groups is 2. The zero-order chi connectivity index (χ0) is 15.2.